The molecule has 184 valence electrons. The van der Waals surface area contributed by atoms with Crippen LogP contribution in [-0.2, 0) is 29.1 Å². The van der Waals surface area contributed by atoms with Gasteiger partial charge in [0.25, 0.3) is 0 Å². The minimum absolute atomic E-state index is 0.0253. The highest BCUT2D eigenvalue weighted by Crippen LogP contribution is 2.57. The van der Waals surface area contributed by atoms with Crippen LogP contribution in [0.3, 0.4) is 0 Å². The van der Waals surface area contributed by atoms with Crippen LogP contribution in [-0.4, -0.2) is 38.0 Å². The van der Waals surface area contributed by atoms with Gasteiger partial charge in [-0.3, -0.25) is 9.59 Å². The van der Waals surface area contributed by atoms with Crippen molar-refractivity contribution in [3.63, 3.8) is 0 Å². The number of carbonyl (C=O) groups excluding carboxylic acids is 1. The normalized spacial score (nSPS) is 23.4. The van der Waals surface area contributed by atoms with E-state index in [0.717, 1.165) is 35.1 Å². The lowest BCUT2D eigenvalue weighted by molar-refractivity contribution is -0.155. The summed E-state index contributed by atoms with van der Waals surface area (Å²) in [4.78, 5) is 32.0. The number of hydrogen-bond donors (Lipinski definition) is 1. The standard InChI is InChI=1S/C28H32FN3O3/c1-27(2)19(9-11-28(27,3)26(34)35)15-24(33)31-13-10-21-22-8-5-12-30-25(22)32(23(21)17-31)16-18-6-4-7-20(29)14-18/h4-8,12,14,19H,9-11,13,15-17H2,1-3H3,(H,34,35)/t19-,28+/m0/s1. The second-order valence-corrected chi connectivity index (χ2v) is 10.9. The van der Waals surface area contributed by atoms with E-state index < -0.39 is 16.8 Å². The average molecular weight is 478 g/mol. The zero-order chi connectivity index (χ0) is 25.0. The molecule has 1 aromatic carbocycles. The van der Waals surface area contributed by atoms with Gasteiger partial charge in [0.1, 0.15) is 11.5 Å². The molecule has 2 aliphatic rings. The highest BCUT2D eigenvalue weighted by Gasteiger charge is 2.56. The third kappa shape index (κ3) is 3.81. The Balaban J connectivity index is 1.41. The number of halogens is 1. The lowest BCUT2D eigenvalue weighted by atomic mass is 9.65. The van der Waals surface area contributed by atoms with Crippen molar-refractivity contribution < 1.29 is 19.1 Å². The van der Waals surface area contributed by atoms with Crippen molar-refractivity contribution in [2.45, 2.75) is 59.5 Å². The largest absolute Gasteiger partial charge is 0.481 e. The van der Waals surface area contributed by atoms with E-state index in [9.17, 15) is 19.1 Å². The number of aromatic nitrogens is 2. The number of carboxylic acids is 1. The predicted molar refractivity (Wildman–Crippen MR) is 131 cm³/mol. The molecule has 2 aromatic heterocycles. The lowest BCUT2D eigenvalue weighted by Crippen LogP contribution is -2.43. The smallest absolute Gasteiger partial charge is 0.309 e. The number of amides is 1. The molecule has 1 aliphatic heterocycles. The molecule has 3 heterocycles. The van der Waals surface area contributed by atoms with Crippen molar-refractivity contribution >= 4 is 22.9 Å². The van der Waals surface area contributed by atoms with Gasteiger partial charge in [-0.05, 0) is 72.9 Å². The number of aliphatic carboxylic acids is 1. The number of pyridine rings is 1. The second-order valence-electron chi connectivity index (χ2n) is 10.9. The minimum Gasteiger partial charge on any atom is -0.481 e. The van der Waals surface area contributed by atoms with Crippen molar-refractivity contribution in [2.75, 3.05) is 6.54 Å². The van der Waals surface area contributed by atoms with Crippen LogP contribution in [0.5, 0.6) is 0 Å². The summed E-state index contributed by atoms with van der Waals surface area (Å²) in [5, 5.41) is 10.9. The zero-order valence-electron chi connectivity index (χ0n) is 20.6. The summed E-state index contributed by atoms with van der Waals surface area (Å²) in [6.07, 6.45) is 4.18. The van der Waals surface area contributed by atoms with Gasteiger partial charge in [-0.25, -0.2) is 9.37 Å². The van der Waals surface area contributed by atoms with Crippen LogP contribution in [0.2, 0.25) is 0 Å². The average Bonchev–Trinajstić information content (AvgIpc) is 3.26. The number of rotatable bonds is 5. The van der Waals surface area contributed by atoms with E-state index in [1.54, 1.807) is 12.3 Å². The van der Waals surface area contributed by atoms with E-state index in [4.69, 9.17) is 0 Å². The van der Waals surface area contributed by atoms with Crippen LogP contribution < -0.4 is 0 Å². The predicted octanol–water partition coefficient (Wildman–Crippen LogP) is 5.03. The minimum atomic E-state index is -0.823. The molecule has 1 N–H and O–H groups in total. The van der Waals surface area contributed by atoms with Gasteiger partial charge in [-0.1, -0.05) is 26.0 Å². The molecule has 0 spiro atoms. The topological polar surface area (TPSA) is 75.4 Å². The molecule has 1 aliphatic carbocycles. The number of carbonyl (C=O) groups is 2. The third-order valence-electron chi connectivity index (χ3n) is 8.92. The maximum Gasteiger partial charge on any atom is 0.309 e. The Labute approximate surface area is 204 Å². The van der Waals surface area contributed by atoms with Crippen molar-refractivity contribution in [3.05, 3.63) is 65.2 Å². The fraction of sp³-hybridized carbons (Fsp3) is 0.464. The molecule has 0 radical (unpaired) electrons. The summed E-state index contributed by atoms with van der Waals surface area (Å²) in [7, 11) is 0. The van der Waals surface area contributed by atoms with E-state index in [1.807, 2.05) is 37.8 Å². The van der Waals surface area contributed by atoms with Crippen LogP contribution in [0.25, 0.3) is 11.0 Å². The van der Waals surface area contributed by atoms with Crippen LogP contribution in [0.4, 0.5) is 4.39 Å². The van der Waals surface area contributed by atoms with Gasteiger partial charge in [0.2, 0.25) is 5.91 Å². The van der Waals surface area contributed by atoms with Crippen LogP contribution in [0.1, 0.15) is 56.9 Å². The first-order valence-corrected chi connectivity index (χ1v) is 12.3. The number of carboxylic acid groups (broad SMARTS) is 1. The molecular formula is C28H32FN3O3. The van der Waals surface area contributed by atoms with Gasteiger partial charge >= 0.3 is 5.97 Å². The van der Waals surface area contributed by atoms with E-state index in [-0.39, 0.29) is 17.6 Å². The first-order valence-electron chi connectivity index (χ1n) is 12.3. The summed E-state index contributed by atoms with van der Waals surface area (Å²) in [6.45, 7) is 7.37. The Morgan fingerprint density at radius 2 is 2.00 bits per heavy atom. The summed E-state index contributed by atoms with van der Waals surface area (Å²) < 4.78 is 16.0. The molecule has 6 nitrogen and oxygen atoms in total. The highest BCUT2D eigenvalue weighted by molar-refractivity contribution is 5.84. The Morgan fingerprint density at radius 3 is 2.71 bits per heavy atom. The van der Waals surface area contributed by atoms with Crippen molar-refractivity contribution in [2.24, 2.45) is 16.7 Å². The molecule has 1 saturated carbocycles. The van der Waals surface area contributed by atoms with E-state index >= 15 is 0 Å². The lowest BCUT2D eigenvalue weighted by Gasteiger charge is -2.39. The van der Waals surface area contributed by atoms with E-state index in [1.165, 1.54) is 17.7 Å². The molecule has 1 amide bonds. The monoisotopic (exact) mass is 477 g/mol. The van der Waals surface area contributed by atoms with Crippen molar-refractivity contribution in [3.8, 4) is 0 Å². The SMILES string of the molecule is CC1(C)[C@H](CC(=O)N2CCc3c(n(Cc4cccc(F)c4)c4ncccc34)C2)CC[C@]1(C)C(=O)O. The van der Waals surface area contributed by atoms with Gasteiger partial charge < -0.3 is 14.6 Å². The van der Waals surface area contributed by atoms with Gasteiger partial charge in [-0.15, -0.1) is 0 Å². The Bertz CT molecular complexity index is 1310. The molecular weight excluding hydrogens is 445 g/mol. The van der Waals surface area contributed by atoms with Gasteiger partial charge in [0, 0.05) is 36.8 Å². The number of nitrogens with zero attached hydrogens (tertiary/aromatic N) is 3. The fourth-order valence-electron chi connectivity index (χ4n) is 6.14. The summed E-state index contributed by atoms with van der Waals surface area (Å²) in [6, 6.07) is 10.6. The van der Waals surface area contributed by atoms with Gasteiger partial charge in [0.05, 0.1) is 12.0 Å². The van der Waals surface area contributed by atoms with Gasteiger partial charge in [0.15, 0.2) is 0 Å². The zero-order valence-corrected chi connectivity index (χ0v) is 20.6. The van der Waals surface area contributed by atoms with Crippen LogP contribution >= 0.6 is 0 Å². The Morgan fingerprint density at radius 1 is 1.20 bits per heavy atom. The number of benzene rings is 1. The summed E-state index contributed by atoms with van der Waals surface area (Å²) in [5.74, 6) is -0.962. The quantitative estimate of drug-likeness (QED) is 0.560. The number of fused-ring (bicyclic) bond motifs is 3. The van der Waals surface area contributed by atoms with E-state index in [2.05, 4.69) is 15.6 Å². The fourth-order valence-corrected chi connectivity index (χ4v) is 6.14. The molecule has 2 atom stereocenters. The summed E-state index contributed by atoms with van der Waals surface area (Å²) in [5.41, 5.74) is 2.66. The number of hydrogen-bond acceptors (Lipinski definition) is 3. The molecule has 0 saturated heterocycles. The maximum atomic E-state index is 13.9. The van der Waals surface area contributed by atoms with Crippen LogP contribution in [0, 0.1) is 22.6 Å². The Kier molecular flexibility index (Phi) is 5.69. The van der Waals surface area contributed by atoms with Crippen molar-refractivity contribution in [1.29, 1.82) is 0 Å². The molecule has 3 aromatic rings. The molecule has 0 unspecified atom stereocenters. The van der Waals surface area contributed by atoms with Crippen LogP contribution in [0.15, 0.2) is 42.6 Å². The molecule has 7 heteroatoms. The first-order chi connectivity index (χ1) is 16.6. The molecule has 35 heavy (non-hydrogen) atoms. The third-order valence-corrected chi connectivity index (χ3v) is 8.92. The second kappa shape index (κ2) is 8.47. The van der Waals surface area contributed by atoms with E-state index in [0.29, 0.717) is 32.5 Å². The van der Waals surface area contributed by atoms with Crippen molar-refractivity contribution in [1.82, 2.24) is 14.5 Å². The van der Waals surface area contributed by atoms with Gasteiger partial charge in [-0.2, -0.15) is 0 Å². The molecule has 5 rings (SSSR count). The maximum absolute atomic E-state index is 13.9. The Hall–Kier alpha value is -3.22. The first kappa shape index (κ1) is 23.5. The molecule has 0 bridgehead atoms. The summed E-state index contributed by atoms with van der Waals surface area (Å²) >= 11 is 0. The molecule has 1 fully saturated rings. The highest BCUT2D eigenvalue weighted by atomic mass is 19.1.